The summed E-state index contributed by atoms with van der Waals surface area (Å²) >= 11 is 0. The number of primary amides is 1. The van der Waals surface area contributed by atoms with E-state index >= 15 is 0 Å². The number of nitrogens with one attached hydrogen (secondary N) is 2. The average molecular weight is 456 g/mol. The third kappa shape index (κ3) is 8.08. The van der Waals surface area contributed by atoms with Crippen LogP contribution in [0.25, 0.3) is 0 Å². The summed E-state index contributed by atoms with van der Waals surface area (Å²) in [4.78, 5) is 42.6. The molecule has 0 bridgehead atoms. The van der Waals surface area contributed by atoms with Gasteiger partial charge in [-0.1, -0.05) is 36.4 Å². The molecule has 2 heterocycles. The van der Waals surface area contributed by atoms with Crippen LogP contribution in [0.4, 0.5) is 10.6 Å². The lowest BCUT2D eigenvalue weighted by atomic mass is 10.1. The molecule has 0 radical (unpaired) electrons. The number of pyridine rings is 1. The largest absolute Gasteiger partial charge is 0.445 e. The third-order valence-electron chi connectivity index (χ3n) is 5.11. The Morgan fingerprint density at radius 2 is 1.85 bits per heavy atom. The number of ether oxygens (including phenoxy) is 2. The minimum atomic E-state index is -0.957. The molecule has 3 amide bonds. The van der Waals surface area contributed by atoms with E-state index < -0.39 is 23.9 Å². The molecule has 0 spiro atoms. The van der Waals surface area contributed by atoms with E-state index in [2.05, 4.69) is 20.5 Å². The minimum absolute atomic E-state index is 0.0488. The van der Waals surface area contributed by atoms with Crippen molar-refractivity contribution >= 4 is 23.7 Å². The number of rotatable bonds is 10. The number of benzene rings is 1. The second kappa shape index (κ2) is 12.4. The van der Waals surface area contributed by atoms with Crippen molar-refractivity contribution in [1.29, 1.82) is 0 Å². The summed E-state index contributed by atoms with van der Waals surface area (Å²) in [7, 11) is 0. The van der Waals surface area contributed by atoms with Crippen molar-refractivity contribution in [1.82, 2.24) is 15.6 Å². The van der Waals surface area contributed by atoms with Crippen molar-refractivity contribution in [3.05, 3.63) is 59.8 Å². The fourth-order valence-electron chi connectivity index (χ4n) is 3.28. The van der Waals surface area contributed by atoms with Gasteiger partial charge in [-0.25, -0.2) is 9.78 Å². The number of hydrogen-bond donors (Lipinski definition) is 3. The molecule has 1 aromatic heterocycles. The average Bonchev–Trinajstić information content (AvgIpc) is 2.85. The minimum Gasteiger partial charge on any atom is -0.445 e. The van der Waals surface area contributed by atoms with Crippen LogP contribution in [0.3, 0.4) is 0 Å². The van der Waals surface area contributed by atoms with Crippen LogP contribution in [0.2, 0.25) is 0 Å². The van der Waals surface area contributed by atoms with Gasteiger partial charge in [0.15, 0.2) is 0 Å². The number of carbonyl (C=O) groups excluding carboxylic acids is 3. The third-order valence-corrected chi connectivity index (χ3v) is 5.11. The van der Waals surface area contributed by atoms with Crippen LogP contribution in [-0.2, 0) is 32.2 Å². The lowest BCUT2D eigenvalue weighted by Gasteiger charge is -2.27. The number of nitrogens with two attached hydrogens (primary N) is 1. The molecule has 1 aliphatic rings. The molecule has 176 valence electrons. The van der Waals surface area contributed by atoms with Crippen molar-refractivity contribution in [2.24, 2.45) is 5.73 Å². The Bertz CT molecular complexity index is 917. The zero-order valence-corrected chi connectivity index (χ0v) is 18.4. The van der Waals surface area contributed by atoms with Crippen LogP contribution < -0.4 is 21.3 Å². The highest BCUT2D eigenvalue weighted by Crippen LogP contribution is 2.13. The highest BCUT2D eigenvalue weighted by atomic mass is 16.5. The molecule has 1 aromatic carbocycles. The van der Waals surface area contributed by atoms with Gasteiger partial charge >= 0.3 is 6.09 Å². The first-order chi connectivity index (χ1) is 16.0. The van der Waals surface area contributed by atoms with E-state index in [1.54, 1.807) is 6.20 Å². The van der Waals surface area contributed by atoms with Gasteiger partial charge in [0, 0.05) is 32.3 Å². The van der Waals surface area contributed by atoms with E-state index in [1.807, 2.05) is 42.5 Å². The maximum atomic E-state index is 12.7. The Kier molecular flexibility index (Phi) is 9.01. The van der Waals surface area contributed by atoms with Crippen molar-refractivity contribution in [3.8, 4) is 0 Å². The number of nitrogens with zero attached hydrogens (tertiary/aromatic N) is 2. The highest BCUT2D eigenvalue weighted by molar-refractivity contribution is 5.86. The van der Waals surface area contributed by atoms with Crippen LogP contribution in [0.1, 0.15) is 24.0 Å². The zero-order chi connectivity index (χ0) is 23.5. The van der Waals surface area contributed by atoms with Crippen LogP contribution >= 0.6 is 0 Å². The quantitative estimate of drug-likeness (QED) is 0.488. The summed E-state index contributed by atoms with van der Waals surface area (Å²) in [5.74, 6) is -0.143. The van der Waals surface area contributed by atoms with E-state index in [4.69, 9.17) is 15.2 Å². The molecule has 10 nitrogen and oxygen atoms in total. The number of anilines is 1. The first kappa shape index (κ1) is 24.0. The summed E-state index contributed by atoms with van der Waals surface area (Å²) in [5.41, 5.74) is 6.84. The van der Waals surface area contributed by atoms with Crippen LogP contribution in [0.5, 0.6) is 0 Å². The van der Waals surface area contributed by atoms with Gasteiger partial charge in [-0.15, -0.1) is 0 Å². The van der Waals surface area contributed by atoms with Gasteiger partial charge in [-0.05, 0) is 23.6 Å². The SMILES string of the molecule is NC(=O)CC[C@H](NC(=O)OCc1ccccc1)C(=O)NCc1ccc(N2CCOCC2)nc1. The van der Waals surface area contributed by atoms with Gasteiger partial charge in [0.25, 0.3) is 0 Å². The van der Waals surface area contributed by atoms with E-state index in [0.29, 0.717) is 13.2 Å². The predicted octanol–water partition coefficient (Wildman–Crippen LogP) is 1.09. The standard InChI is InChI=1S/C23H29N5O5/c24-20(29)8-7-19(27-23(31)33-16-17-4-2-1-3-5-17)22(30)26-15-18-6-9-21(25-14-18)28-10-12-32-13-11-28/h1-6,9,14,19H,7-8,10-13,15-16H2,(H2,24,29)(H,26,30)(H,27,31)/t19-/m0/s1. The molecule has 3 rings (SSSR count). The van der Waals surface area contributed by atoms with Gasteiger partial charge in [-0.3, -0.25) is 9.59 Å². The van der Waals surface area contributed by atoms with E-state index in [0.717, 1.165) is 30.0 Å². The Balaban J connectivity index is 1.51. The number of carbonyl (C=O) groups is 3. The molecular formula is C23H29N5O5. The summed E-state index contributed by atoms with van der Waals surface area (Å²) in [5, 5.41) is 5.28. The number of amides is 3. The molecule has 0 aliphatic carbocycles. The summed E-state index contributed by atoms with van der Waals surface area (Å²) in [6.45, 7) is 3.22. The first-order valence-corrected chi connectivity index (χ1v) is 10.8. The lowest BCUT2D eigenvalue weighted by Crippen LogP contribution is -2.47. The summed E-state index contributed by atoms with van der Waals surface area (Å²) < 4.78 is 10.5. The lowest BCUT2D eigenvalue weighted by molar-refractivity contribution is -0.123. The Hall–Kier alpha value is -3.66. The van der Waals surface area contributed by atoms with Crippen molar-refractivity contribution in [3.63, 3.8) is 0 Å². The molecule has 2 aromatic rings. The summed E-state index contributed by atoms with van der Waals surface area (Å²) in [6, 6.07) is 12.0. The molecule has 1 atom stereocenters. The van der Waals surface area contributed by atoms with Gasteiger partial charge in [-0.2, -0.15) is 0 Å². The molecule has 0 saturated carbocycles. The smallest absolute Gasteiger partial charge is 0.408 e. The normalized spacial score (nSPS) is 14.2. The molecule has 4 N–H and O–H groups in total. The molecular weight excluding hydrogens is 426 g/mol. The van der Waals surface area contributed by atoms with Crippen molar-refractivity contribution < 1.29 is 23.9 Å². The highest BCUT2D eigenvalue weighted by Gasteiger charge is 2.22. The van der Waals surface area contributed by atoms with Crippen molar-refractivity contribution in [2.45, 2.75) is 32.0 Å². The van der Waals surface area contributed by atoms with Gasteiger partial charge in [0.05, 0.1) is 13.2 Å². The van der Waals surface area contributed by atoms with Crippen LogP contribution in [-0.4, -0.2) is 55.2 Å². The molecule has 1 saturated heterocycles. The van der Waals surface area contributed by atoms with Gasteiger partial charge < -0.3 is 30.7 Å². The zero-order valence-electron chi connectivity index (χ0n) is 18.4. The fraction of sp³-hybridized carbons (Fsp3) is 0.391. The number of hydrogen-bond acceptors (Lipinski definition) is 7. The fourth-order valence-corrected chi connectivity index (χ4v) is 3.28. The topological polar surface area (TPSA) is 136 Å². The van der Waals surface area contributed by atoms with E-state index in [-0.39, 0.29) is 26.0 Å². The molecule has 0 unspecified atom stereocenters. The number of morpholine rings is 1. The maximum absolute atomic E-state index is 12.7. The second-order valence-corrected chi connectivity index (χ2v) is 7.61. The number of alkyl carbamates (subject to hydrolysis) is 1. The monoisotopic (exact) mass is 455 g/mol. The Labute approximate surface area is 192 Å². The van der Waals surface area contributed by atoms with E-state index in [1.165, 1.54) is 0 Å². The van der Waals surface area contributed by atoms with Gasteiger partial charge in [0.2, 0.25) is 11.8 Å². The maximum Gasteiger partial charge on any atom is 0.408 e. The number of aromatic nitrogens is 1. The molecule has 1 fully saturated rings. The molecule has 33 heavy (non-hydrogen) atoms. The van der Waals surface area contributed by atoms with Crippen molar-refractivity contribution in [2.75, 3.05) is 31.2 Å². The molecule has 1 aliphatic heterocycles. The van der Waals surface area contributed by atoms with Gasteiger partial charge in [0.1, 0.15) is 18.5 Å². The second-order valence-electron chi connectivity index (χ2n) is 7.61. The summed E-state index contributed by atoms with van der Waals surface area (Å²) in [6.07, 6.45) is 0.966. The van der Waals surface area contributed by atoms with E-state index in [9.17, 15) is 14.4 Å². The Morgan fingerprint density at radius 1 is 1.09 bits per heavy atom. The predicted molar refractivity (Wildman–Crippen MR) is 121 cm³/mol. The van der Waals surface area contributed by atoms with Crippen LogP contribution in [0.15, 0.2) is 48.7 Å². The van der Waals surface area contributed by atoms with Crippen LogP contribution in [0, 0.1) is 0 Å². The Morgan fingerprint density at radius 3 is 2.52 bits per heavy atom. The first-order valence-electron chi connectivity index (χ1n) is 10.8. The molecule has 10 heteroatoms.